The van der Waals surface area contributed by atoms with Gasteiger partial charge in [0.15, 0.2) is 5.82 Å². The van der Waals surface area contributed by atoms with Gasteiger partial charge in [0.25, 0.3) is 11.8 Å². The maximum atomic E-state index is 12.8. The Labute approximate surface area is 157 Å². The summed E-state index contributed by atoms with van der Waals surface area (Å²) in [6.07, 6.45) is 7.83. The molecule has 0 saturated carbocycles. The van der Waals surface area contributed by atoms with Crippen LogP contribution in [0.5, 0.6) is 0 Å². The molecule has 4 heterocycles. The number of nitrogens with zero attached hydrogens (tertiary/aromatic N) is 5. The first-order valence-electron chi connectivity index (χ1n) is 9.14. The van der Waals surface area contributed by atoms with Gasteiger partial charge in [0.05, 0.1) is 5.56 Å². The second kappa shape index (κ2) is 7.65. The fourth-order valence-corrected chi connectivity index (χ4v) is 3.50. The molecule has 1 fully saturated rings. The lowest BCUT2D eigenvalue weighted by molar-refractivity contribution is 0.0670. The summed E-state index contributed by atoms with van der Waals surface area (Å²) < 4.78 is 5.37. The number of pyridine rings is 2. The number of aromatic nitrogens is 4. The first-order chi connectivity index (χ1) is 13.2. The number of amides is 1. The summed E-state index contributed by atoms with van der Waals surface area (Å²) in [7, 11) is 0. The standard InChI is InChI=1S/C20H21N5O2/c1-14-17(5-2-8-22-14)20(26)25-11-3-4-15(13-25)12-18-23-19(27-24-18)16-6-9-21-10-7-16/h2,5-10,15H,3-4,11-13H2,1H3. The average Bonchev–Trinajstić information content (AvgIpc) is 3.17. The maximum Gasteiger partial charge on any atom is 0.258 e. The quantitative estimate of drug-likeness (QED) is 0.708. The lowest BCUT2D eigenvalue weighted by atomic mass is 9.94. The molecule has 27 heavy (non-hydrogen) atoms. The summed E-state index contributed by atoms with van der Waals surface area (Å²) >= 11 is 0. The van der Waals surface area contributed by atoms with Crippen molar-refractivity contribution in [3.8, 4) is 11.5 Å². The topological polar surface area (TPSA) is 85.0 Å². The second-order valence-electron chi connectivity index (χ2n) is 6.85. The Morgan fingerprint density at radius 2 is 2.11 bits per heavy atom. The number of carbonyl (C=O) groups is 1. The van der Waals surface area contributed by atoms with Crippen LogP contribution in [0.15, 0.2) is 47.4 Å². The molecular weight excluding hydrogens is 342 g/mol. The molecule has 1 aliphatic rings. The maximum absolute atomic E-state index is 12.8. The smallest absolute Gasteiger partial charge is 0.258 e. The highest BCUT2D eigenvalue weighted by Crippen LogP contribution is 2.23. The van der Waals surface area contributed by atoms with Gasteiger partial charge in [-0.2, -0.15) is 4.98 Å². The van der Waals surface area contributed by atoms with E-state index in [-0.39, 0.29) is 5.91 Å². The highest BCUT2D eigenvalue weighted by Gasteiger charge is 2.26. The van der Waals surface area contributed by atoms with Crippen LogP contribution in [0.25, 0.3) is 11.5 Å². The van der Waals surface area contributed by atoms with Crippen molar-refractivity contribution in [3.63, 3.8) is 0 Å². The summed E-state index contributed by atoms with van der Waals surface area (Å²) in [4.78, 5) is 27.5. The van der Waals surface area contributed by atoms with Crippen LogP contribution in [0.3, 0.4) is 0 Å². The number of likely N-dealkylation sites (tertiary alicyclic amines) is 1. The normalized spacial score (nSPS) is 17.1. The van der Waals surface area contributed by atoms with Crippen molar-refractivity contribution >= 4 is 5.91 Å². The average molecular weight is 363 g/mol. The molecule has 1 saturated heterocycles. The van der Waals surface area contributed by atoms with E-state index >= 15 is 0 Å². The Morgan fingerprint density at radius 1 is 1.26 bits per heavy atom. The lowest BCUT2D eigenvalue weighted by Gasteiger charge is -2.32. The van der Waals surface area contributed by atoms with Crippen LogP contribution in [-0.2, 0) is 6.42 Å². The SMILES string of the molecule is Cc1ncccc1C(=O)N1CCCC(Cc2noc(-c3ccncc3)n2)C1. The van der Waals surface area contributed by atoms with Crippen LogP contribution in [0.4, 0.5) is 0 Å². The van der Waals surface area contributed by atoms with Crippen molar-refractivity contribution in [1.29, 1.82) is 0 Å². The minimum Gasteiger partial charge on any atom is -0.338 e. The molecule has 1 atom stereocenters. The van der Waals surface area contributed by atoms with Gasteiger partial charge < -0.3 is 9.42 Å². The lowest BCUT2D eigenvalue weighted by Crippen LogP contribution is -2.41. The molecule has 138 valence electrons. The molecule has 1 amide bonds. The summed E-state index contributed by atoms with van der Waals surface area (Å²) in [5.41, 5.74) is 2.30. The molecule has 0 bridgehead atoms. The molecule has 7 nitrogen and oxygen atoms in total. The number of hydrogen-bond acceptors (Lipinski definition) is 6. The van der Waals surface area contributed by atoms with Crippen molar-refractivity contribution in [2.24, 2.45) is 5.92 Å². The van der Waals surface area contributed by atoms with Gasteiger partial charge in [-0.1, -0.05) is 5.16 Å². The predicted molar refractivity (Wildman–Crippen MR) is 98.8 cm³/mol. The predicted octanol–water partition coefficient (Wildman–Crippen LogP) is 2.93. The van der Waals surface area contributed by atoms with Gasteiger partial charge in [-0.25, -0.2) is 0 Å². The van der Waals surface area contributed by atoms with Crippen molar-refractivity contribution in [2.45, 2.75) is 26.2 Å². The summed E-state index contributed by atoms with van der Waals surface area (Å²) in [5.74, 6) is 1.55. The fourth-order valence-electron chi connectivity index (χ4n) is 3.50. The molecule has 1 unspecified atom stereocenters. The van der Waals surface area contributed by atoms with Crippen molar-refractivity contribution in [1.82, 2.24) is 25.0 Å². The largest absolute Gasteiger partial charge is 0.338 e. The molecule has 0 spiro atoms. The molecule has 3 aromatic heterocycles. The Kier molecular flexibility index (Phi) is 4.91. The summed E-state index contributed by atoms with van der Waals surface area (Å²) in [6.45, 7) is 3.35. The van der Waals surface area contributed by atoms with Gasteiger partial charge in [-0.05, 0) is 49.9 Å². The van der Waals surface area contributed by atoms with E-state index in [1.807, 2.05) is 36.1 Å². The third-order valence-corrected chi connectivity index (χ3v) is 4.91. The molecule has 0 N–H and O–H groups in total. The second-order valence-corrected chi connectivity index (χ2v) is 6.85. The Bertz CT molecular complexity index is 925. The fraction of sp³-hybridized carbons (Fsp3) is 0.350. The Hall–Kier alpha value is -3.09. The van der Waals surface area contributed by atoms with E-state index in [9.17, 15) is 4.79 Å². The van der Waals surface area contributed by atoms with Gasteiger partial charge in [0.2, 0.25) is 0 Å². The Balaban J connectivity index is 1.43. The zero-order chi connectivity index (χ0) is 18.6. The number of rotatable bonds is 4. The van der Waals surface area contributed by atoms with E-state index in [2.05, 4.69) is 20.1 Å². The molecule has 4 rings (SSSR count). The van der Waals surface area contributed by atoms with E-state index < -0.39 is 0 Å². The molecule has 1 aliphatic heterocycles. The van der Waals surface area contributed by atoms with Crippen LogP contribution in [0.1, 0.15) is 34.7 Å². The molecule has 0 aliphatic carbocycles. The van der Waals surface area contributed by atoms with E-state index in [1.165, 1.54) is 0 Å². The van der Waals surface area contributed by atoms with Gasteiger partial charge in [0.1, 0.15) is 0 Å². The monoisotopic (exact) mass is 363 g/mol. The van der Waals surface area contributed by atoms with Gasteiger partial charge in [-0.3, -0.25) is 14.8 Å². The van der Waals surface area contributed by atoms with Crippen molar-refractivity contribution in [2.75, 3.05) is 13.1 Å². The van der Waals surface area contributed by atoms with Crippen LogP contribution < -0.4 is 0 Å². The van der Waals surface area contributed by atoms with Gasteiger partial charge in [0, 0.05) is 49.4 Å². The number of piperidine rings is 1. The van der Waals surface area contributed by atoms with Crippen LogP contribution >= 0.6 is 0 Å². The third-order valence-electron chi connectivity index (χ3n) is 4.91. The van der Waals surface area contributed by atoms with Gasteiger partial charge >= 0.3 is 0 Å². The number of carbonyl (C=O) groups excluding carboxylic acids is 1. The number of hydrogen-bond donors (Lipinski definition) is 0. The van der Waals surface area contributed by atoms with Crippen molar-refractivity contribution < 1.29 is 9.32 Å². The van der Waals surface area contributed by atoms with Crippen molar-refractivity contribution in [3.05, 3.63) is 59.9 Å². The van der Waals surface area contributed by atoms with E-state index in [0.29, 0.717) is 36.2 Å². The van der Waals surface area contributed by atoms with Crippen LogP contribution in [-0.4, -0.2) is 44.0 Å². The van der Waals surface area contributed by atoms with Crippen LogP contribution in [0.2, 0.25) is 0 Å². The van der Waals surface area contributed by atoms with E-state index in [1.54, 1.807) is 18.6 Å². The molecule has 3 aromatic rings. The van der Waals surface area contributed by atoms with E-state index in [0.717, 1.165) is 30.6 Å². The number of aryl methyl sites for hydroxylation is 1. The minimum absolute atomic E-state index is 0.0517. The zero-order valence-electron chi connectivity index (χ0n) is 15.2. The Morgan fingerprint density at radius 3 is 2.93 bits per heavy atom. The first-order valence-corrected chi connectivity index (χ1v) is 9.14. The molecular formula is C20H21N5O2. The zero-order valence-corrected chi connectivity index (χ0v) is 15.2. The summed E-state index contributed by atoms with van der Waals surface area (Å²) in [5, 5.41) is 4.11. The minimum atomic E-state index is 0.0517. The highest BCUT2D eigenvalue weighted by atomic mass is 16.5. The molecule has 0 aromatic carbocycles. The molecule has 7 heteroatoms. The van der Waals surface area contributed by atoms with Crippen LogP contribution in [0, 0.1) is 12.8 Å². The summed E-state index contributed by atoms with van der Waals surface area (Å²) in [6, 6.07) is 7.33. The highest BCUT2D eigenvalue weighted by molar-refractivity contribution is 5.95. The van der Waals surface area contributed by atoms with Gasteiger partial charge in [-0.15, -0.1) is 0 Å². The molecule has 0 radical (unpaired) electrons. The first kappa shape index (κ1) is 17.3. The third kappa shape index (κ3) is 3.86. The van der Waals surface area contributed by atoms with E-state index in [4.69, 9.17) is 4.52 Å².